The Labute approximate surface area is 185 Å². The third-order valence-electron chi connectivity index (χ3n) is 8.40. The van der Waals surface area contributed by atoms with Gasteiger partial charge in [-0.2, -0.15) is 0 Å². The lowest BCUT2D eigenvalue weighted by molar-refractivity contribution is -0.151. The van der Waals surface area contributed by atoms with Crippen molar-refractivity contribution in [3.05, 3.63) is 29.3 Å². The summed E-state index contributed by atoms with van der Waals surface area (Å²) in [6.07, 6.45) is 4.21. The average Bonchev–Trinajstić information content (AvgIpc) is 2.70. The maximum absolute atomic E-state index is 13.2. The van der Waals surface area contributed by atoms with Crippen molar-refractivity contribution in [3.8, 4) is 0 Å². The first-order valence-corrected chi connectivity index (χ1v) is 12.0. The summed E-state index contributed by atoms with van der Waals surface area (Å²) in [7, 11) is 2.09. The molecule has 0 bridgehead atoms. The van der Waals surface area contributed by atoms with E-state index in [-0.39, 0.29) is 11.8 Å². The second kappa shape index (κ2) is 8.21. The van der Waals surface area contributed by atoms with Gasteiger partial charge < -0.3 is 20.4 Å². The van der Waals surface area contributed by atoms with Crippen LogP contribution in [0, 0.1) is 29.6 Å². The molecule has 3 saturated carbocycles. The number of piperazine rings is 1. The summed E-state index contributed by atoms with van der Waals surface area (Å²) in [5.74, 6) is 4.44. The molecule has 1 heterocycles. The highest BCUT2D eigenvalue weighted by molar-refractivity contribution is 5.97. The molecule has 1 aliphatic heterocycles. The van der Waals surface area contributed by atoms with Crippen LogP contribution in [0.4, 0.5) is 5.69 Å². The number of anilines is 1. The van der Waals surface area contributed by atoms with Gasteiger partial charge in [0.05, 0.1) is 0 Å². The van der Waals surface area contributed by atoms with Gasteiger partial charge in [-0.3, -0.25) is 9.59 Å². The average molecular weight is 425 g/mol. The number of likely N-dealkylation sites (N-methyl/N-ethyl adjacent to an activating group) is 1. The van der Waals surface area contributed by atoms with Gasteiger partial charge in [0.1, 0.15) is 0 Å². The third-order valence-corrected chi connectivity index (χ3v) is 8.40. The normalized spacial score (nSPS) is 34.4. The smallest absolute Gasteiger partial charge is 0.254 e. The molecule has 4 aliphatic rings. The van der Waals surface area contributed by atoms with E-state index in [0.29, 0.717) is 23.2 Å². The molecule has 4 fully saturated rings. The molecule has 1 aromatic rings. The van der Waals surface area contributed by atoms with Gasteiger partial charge in [0, 0.05) is 56.9 Å². The minimum absolute atomic E-state index is 0.0618. The molecule has 1 aromatic carbocycles. The van der Waals surface area contributed by atoms with E-state index in [4.69, 9.17) is 0 Å². The number of nitrogens with zero attached hydrogens (tertiary/aromatic N) is 2. The molecule has 0 spiro atoms. The Morgan fingerprint density at radius 3 is 2.48 bits per heavy atom. The molecule has 1 saturated heterocycles. The van der Waals surface area contributed by atoms with Crippen LogP contribution in [-0.4, -0.2) is 60.9 Å². The molecule has 6 unspecified atom stereocenters. The van der Waals surface area contributed by atoms with Gasteiger partial charge in [0.2, 0.25) is 5.91 Å². The van der Waals surface area contributed by atoms with Gasteiger partial charge in [-0.05, 0) is 79.7 Å². The van der Waals surface area contributed by atoms with Crippen LogP contribution in [0.1, 0.15) is 49.0 Å². The van der Waals surface area contributed by atoms with Crippen LogP contribution in [0.2, 0.25) is 0 Å². The zero-order chi connectivity index (χ0) is 21.7. The zero-order valence-electron chi connectivity index (χ0n) is 19.1. The quantitative estimate of drug-likeness (QED) is 0.763. The first kappa shape index (κ1) is 21.0. The van der Waals surface area contributed by atoms with Crippen LogP contribution in [0.15, 0.2) is 18.2 Å². The number of benzene rings is 1. The number of rotatable bonds is 5. The topological polar surface area (TPSA) is 64.7 Å². The van der Waals surface area contributed by atoms with Crippen molar-refractivity contribution in [2.24, 2.45) is 29.6 Å². The minimum Gasteiger partial charge on any atom is -0.336 e. The van der Waals surface area contributed by atoms with Crippen molar-refractivity contribution in [3.63, 3.8) is 0 Å². The summed E-state index contributed by atoms with van der Waals surface area (Å²) in [6, 6.07) is 6.42. The minimum atomic E-state index is -0.111. The summed E-state index contributed by atoms with van der Waals surface area (Å²) in [4.78, 5) is 29.0. The van der Waals surface area contributed by atoms with E-state index in [1.807, 2.05) is 23.1 Å². The molecule has 6 heteroatoms. The van der Waals surface area contributed by atoms with Crippen molar-refractivity contribution in [2.45, 2.75) is 45.7 Å². The number of amides is 2. The monoisotopic (exact) mass is 424 g/mol. The molecule has 5 rings (SSSR count). The summed E-state index contributed by atoms with van der Waals surface area (Å²) in [5, 5.41) is 6.74. The fourth-order valence-corrected chi connectivity index (χ4v) is 6.81. The lowest BCUT2D eigenvalue weighted by Gasteiger charge is -2.65. The maximum atomic E-state index is 13.2. The Hall–Kier alpha value is -1.92. The van der Waals surface area contributed by atoms with Gasteiger partial charge in [-0.15, -0.1) is 0 Å². The molecule has 2 amide bonds. The third kappa shape index (κ3) is 4.00. The largest absolute Gasteiger partial charge is 0.336 e. The molecule has 3 aliphatic carbocycles. The molecule has 2 N–H and O–H groups in total. The highest BCUT2D eigenvalue weighted by Gasteiger charge is 2.59. The number of nitrogens with one attached hydrogen (secondary N) is 2. The number of hydrogen-bond donors (Lipinski definition) is 2. The number of carbonyl (C=O) groups excluding carboxylic acids is 2. The SMILES string of the molecule is CC(=O)Nc1cc(CNC2C(C)CC3CC4CC2C34)cc(C(=O)N2CCN(C)CC2)c1. The Balaban J connectivity index is 1.31. The fraction of sp³-hybridized carbons (Fsp3) is 0.680. The lowest BCUT2D eigenvalue weighted by Crippen LogP contribution is -2.63. The van der Waals surface area contributed by atoms with Crippen molar-refractivity contribution in [1.29, 1.82) is 0 Å². The van der Waals surface area contributed by atoms with Crippen LogP contribution in [0.25, 0.3) is 0 Å². The molecular formula is C25H36N4O2. The van der Waals surface area contributed by atoms with E-state index < -0.39 is 0 Å². The van der Waals surface area contributed by atoms with Crippen molar-refractivity contribution >= 4 is 17.5 Å². The Morgan fingerprint density at radius 1 is 1.03 bits per heavy atom. The van der Waals surface area contributed by atoms with E-state index in [1.165, 1.54) is 26.2 Å². The van der Waals surface area contributed by atoms with Crippen LogP contribution in [0.5, 0.6) is 0 Å². The predicted molar refractivity (Wildman–Crippen MR) is 122 cm³/mol. The zero-order valence-corrected chi connectivity index (χ0v) is 19.1. The second-order valence-electron chi connectivity index (χ2n) is 10.5. The highest BCUT2D eigenvalue weighted by Crippen LogP contribution is 2.64. The first-order chi connectivity index (χ1) is 14.9. The Morgan fingerprint density at radius 2 is 1.77 bits per heavy atom. The second-order valence-corrected chi connectivity index (χ2v) is 10.5. The lowest BCUT2D eigenvalue weighted by atomic mass is 9.41. The van der Waals surface area contributed by atoms with Gasteiger partial charge in [-0.1, -0.05) is 6.92 Å². The summed E-state index contributed by atoms with van der Waals surface area (Å²) < 4.78 is 0. The molecule has 6 nitrogen and oxygen atoms in total. The predicted octanol–water partition coefficient (Wildman–Crippen LogP) is 2.80. The van der Waals surface area contributed by atoms with Gasteiger partial charge in [0.15, 0.2) is 0 Å². The van der Waals surface area contributed by atoms with Crippen molar-refractivity contribution in [2.75, 3.05) is 38.5 Å². The summed E-state index contributed by atoms with van der Waals surface area (Å²) in [5.41, 5.74) is 2.46. The number of carbonyl (C=O) groups is 2. The molecule has 168 valence electrons. The maximum Gasteiger partial charge on any atom is 0.254 e. The molecule has 0 aromatic heterocycles. The van der Waals surface area contributed by atoms with E-state index in [0.717, 1.165) is 62.0 Å². The van der Waals surface area contributed by atoms with Gasteiger partial charge in [-0.25, -0.2) is 0 Å². The Bertz CT molecular complexity index is 863. The number of hydrogen-bond acceptors (Lipinski definition) is 4. The molecule has 31 heavy (non-hydrogen) atoms. The van der Waals surface area contributed by atoms with Crippen molar-refractivity contribution in [1.82, 2.24) is 15.1 Å². The van der Waals surface area contributed by atoms with Crippen LogP contribution in [-0.2, 0) is 11.3 Å². The first-order valence-electron chi connectivity index (χ1n) is 12.0. The fourth-order valence-electron chi connectivity index (χ4n) is 6.81. The van der Waals surface area contributed by atoms with Crippen molar-refractivity contribution < 1.29 is 9.59 Å². The molecule has 6 atom stereocenters. The van der Waals surface area contributed by atoms with E-state index >= 15 is 0 Å². The highest BCUT2D eigenvalue weighted by atomic mass is 16.2. The van der Waals surface area contributed by atoms with E-state index in [2.05, 4.69) is 29.5 Å². The van der Waals surface area contributed by atoms with Gasteiger partial charge in [0.25, 0.3) is 5.91 Å². The summed E-state index contributed by atoms with van der Waals surface area (Å²) in [6.45, 7) is 7.94. The van der Waals surface area contributed by atoms with Gasteiger partial charge >= 0.3 is 0 Å². The Kier molecular flexibility index (Phi) is 5.55. The molecular weight excluding hydrogens is 388 g/mol. The van der Waals surface area contributed by atoms with E-state index in [9.17, 15) is 9.59 Å². The van der Waals surface area contributed by atoms with Crippen LogP contribution < -0.4 is 10.6 Å². The van der Waals surface area contributed by atoms with Crippen LogP contribution in [0.3, 0.4) is 0 Å². The van der Waals surface area contributed by atoms with Crippen LogP contribution >= 0.6 is 0 Å². The molecule has 0 radical (unpaired) electrons. The summed E-state index contributed by atoms with van der Waals surface area (Å²) >= 11 is 0. The standard InChI is InChI=1S/C25H36N4O2/c1-15-8-18-11-19-13-22(23(18)19)24(15)26-14-17-9-20(12-21(10-17)27-16(2)30)25(31)29-6-4-28(3)5-7-29/h9-10,12,15,18-19,22-24,26H,4-8,11,13-14H2,1-3H3,(H,27,30). The van der Waals surface area contributed by atoms with E-state index in [1.54, 1.807) is 0 Å².